The fourth-order valence-electron chi connectivity index (χ4n) is 2.83. The Morgan fingerprint density at radius 2 is 2.00 bits per heavy atom. The second-order valence-electron chi connectivity index (χ2n) is 5.51. The molecule has 1 saturated carbocycles. The summed E-state index contributed by atoms with van der Waals surface area (Å²) in [5, 5.41) is 0. The molecule has 2 rings (SSSR count). The highest BCUT2D eigenvalue weighted by Crippen LogP contribution is 2.38. The molecule has 0 bridgehead atoms. The number of para-hydroxylation sites is 1. The van der Waals surface area contributed by atoms with Crippen LogP contribution >= 0.6 is 0 Å². The molecule has 2 N–H and O–H groups in total. The van der Waals surface area contributed by atoms with Crippen LogP contribution in [-0.2, 0) is 4.74 Å². The second-order valence-corrected chi connectivity index (χ2v) is 5.51. The molecule has 0 amide bonds. The highest BCUT2D eigenvalue weighted by atomic mass is 16.5. The lowest BCUT2D eigenvalue weighted by molar-refractivity contribution is 0.103. The summed E-state index contributed by atoms with van der Waals surface area (Å²) in [6.07, 6.45) is 2.50. The fourth-order valence-corrected chi connectivity index (χ4v) is 2.83. The smallest absolute Gasteiger partial charge is 0.123 e. The number of benzene rings is 1. The van der Waals surface area contributed by atoms with E-state index in [9.17, 15) is 0 Å². The molecule has 0 aliphatic heterocycles. The van der Waals surface area contributed by atoms with Crippen LogP contribution in [0, 0.1) is 0 Å². The van der Waals surface area contributed by atoms with Crippen LogP contribution in [0.3, 0.4) is 0 Å². The van der Waals surface area contributed by atoms with Crippen LogP contribution in [0.1, 0.15) is 31.4 Å². The maximum Gasteiger partial charge on any atom is 0.123 e. The first-order valence-corrected chi connectivity index (χ1v) is 7.32. The van der Waals surface area contributed by atoms with Gasteiger partial charge in [0.15, 0.2) is 0 Å². The second kappa shape index (κ2) is 7.07. The molecule has 2 atom stereocenters. The molecule has 1 aliphatic carbocycles. The van der Waals surface area contributed by atoms with Gasteiger partial charge in [0.1, 0.15) is 5.75 Å². The van der Waals surface area contributed by atoms with Gasteiger partial charge in [-0.2, -0.15) is 0 Å². The third-order valence-corrected chi connectivity index (χ3v) is 3.88. The number of nitrogens with two attached hydrogens (primary N) is 1. The molecule has 0 heterocycles. The Morgan fingerprint density at radius 3 is 2.55 bits per heavy atom. The predicted molar refractivity (Wildman–Crippen MR) is 81.0 cm³/mol. The van der Waals surface area contributed by atoms with E-state index >= 15 is 0 Å². The van der Waals surface area contributed by atoms with Crippen LogP contribution in [-0.4, -0.2) is 44.4 Å². The lowest BCUT2D eigenvalue weighted by Crippen LogP contribution is -2.42. The van der Waals surface area contributed by atoms with Gasteiger partial charge in [-0.3, -0.25) is 4.90 Å². The molecular weight excluding hydrogens is 252 g/mol. The minimum Gasteiger partial charge on any atom is -0.496 e. The summed E-state index contributed by atoms with van der Waals surface area (Å²) in [6.45, 7) is 3.71. The van der Waals surface area contributed by atoms with Gasteiger partial charge in [-0.15, -0.1) is 0 Å². The van der Waals surface area contributed by atoms with E-state index in [4.69, 9.17) is 15.2 Å². The average molecular weight is 278 g/mol. The van der Waals surface area contributed by atoms with Gasteiger partial charge in [-0.1, -0.05) is 18.2 Å². The average Bonchev–Trinajstić information content (AvgIpc) is 3.27. The largest absolute Gasteiger partial charge is 0.496 e. The van der Waals surface area contributed by atoms with Crippen molar-refractivity contribution in [2.24, 2.45) is 5.73 Å². The van der Waals surface area contributed by atoms with Crippen molar-refractivity contribution in [3.63, 3.8) is 0 Å². The van der Waals surface area contributed by atoms with E-state index in [1.54, 1.807) is 14.2 Å². The van der Waals surface area contributed by atoms with Gasteiger partial charge in [0, 0.05) is 31.3 Å². The van der Waals surface area contributed by atoms with Crippen molar-refractivity contribution in [3.05, 3.63) is 29.8 Å². The van der Waals surface area contributed by atoms with Crippen molar-refractivity contribution >= 4 is 0 Å². The van der Waals surface area contributed by atoms with Crippen LogP contribution in [0.4, 0.5) is 0 Å². The van der Waals surface area contributed by atoms with E-state index in [0.29, 0.717) is 6.04 Å². The van der Waals surface area contributed by atoms with Crippen LogP contribution in [0.2, 0.25) is 0 Å². The summed E-state index contributed by atoms with van der Waals surface area (Å²) in [7, 11) is 3.46. The zero-order chi connectivity index (χ0) is 14.5. The van der Waals surface area contributed by atoms with Gasteiger partial charge < -0.3 is 15.2 Å². The third-order valence-electron chi connectivity index (χ3n) is 3.88. The van der Waals surface area contributed by atoms with Crippen molar-refractivity contribution in [3.8, 4) is 5.75 Å². The third kappa shape index (κ3) is 3.51. The minimum absolute atomic E-state index is 0.0451. The maximum absolute atomic E-state index is 6.29. The first-order chi connectivity index (χ1) is 9.69. The van der Waals surface area contributed by atoms with Gasteiger partial charge in [0.25, 0.3) is 0 Å². The summed E-state index contributed by atoms with van der Waals surface area (Å²) in [5.41, 5.74) is 7.47. The summed E-state index contributed by atoms with van der Waals surface area (Å²) in [6, 6.07) is 9.02. The summed E-state index contributed by atoms with van der Waals surface area (Å²) in [4.78, 5) is 2.48. The van der Waals surface area contributed by atoms with Crippen LogP contribution in [0.25, 0.3) is 0 Å². The molecule has 0 aromatic heterocycles. The predicted octanol–water partition coefficient (Wildman–Crippen LogP) is 2.19. The van der Waals surface area contributed by atoms with Gasteiger partial charge in [0.05, 0.1) is 19.8 Å². The zero-order valence-corrected chi connectivity index (χ0v) is 12.7. The molecule has 4 heteroatoms. The first kappa shape index (κ1) is 15.3. The van der Waals surface area contributed by atoms with Gasteiger partial charge in [-0.05, 0) is 25.8 Å². The summed E-state index contributed by atoms with van der Waals surface area (Å²) < 4.78 is 10.8. The topological polar surface area (TPSA) is 47.7 Å². The van der Waals surface area contributed by atoms with Crippen LogP contribution in [0.15, 0.2) is 24.3 Å². The van der Waals surface area contributed by atoms with Crippen molar-refractivity contribution in [1.82, 2.24) is 4.90 Å². The van der Waals surface area contributed by atoms with Crippen molar-refractivity contribution in [1.29, 1.82) is 0 Å². The molecular formula is C16H26N2O2. The maximum atomic E-state index is 6.29. The molecule has 20 heavy (non-hydrogen) atoms. The quantitative estimate of drug-likeness (QED) is 0.792. The van der Waals surface area contributed by atoms with Gasteiger partial charge >= 0.3 is 0 Å². The fraction of sp³-hybridized carbons (Fsp3) is 0.625. The SMILES string of the molecule is COCCN(C1CC1)C(c1ccccc1OC)C(C)N. The monoisotopic (exact) mass is 278 g/mol. The van der Waals surface area contributed by atoms with Gasteiger partial charge in [-0.25, -0.2) is 0 Å². The molecule has 1 fully saturated rings. The Bertz CT molecular complexity index is 419. The van der Waals surface area contributed by atoms with E-state index in [0.717, 1.165) is 18.9 Å². The number of ether oxygens (including phenoxy) is 2. The van der Waals surface area contributed by atoms with Crippen LogP contribution < -0.4 is 10.5 Å². The molecule has 4 nitrogen and oxygen atoms in total. The highest BCUT2D eigenvalue weighted by molar-refractivity contribution is 5.37. The number of methoxy groups -OCH3 is 2. The van der Waals surface area contributed by atoms with E-state index in [1.807, 2.05) is 12.1 Å². The molecule has 0 spiro atoms. The Labute approximate surface area is 121 Å². The molecule has 0 radical (unpaired) electrons. The van der Waals surface area contributed by atoms with E-state index in [1.165, 1.54) is 18.4 Å². The molecule has 1 aromatic carbocycles. The molecule has 1 aromatic rings. The Hall–Kier alpha value is -1.10. The first-order valence-electron chi connectivity index (χ1n) is 7.32. The van der Waals surface area contributed by atoms with Crippen LogP contribution in [0.5, 0.6) is 5.75 Å². The Balaban J connectivity index is 2.28. The van der Waals surface area contributed by atoms with Crippen molar-refractivity contribution in [2.75, 3.05) is 27.4 Å². The Morgan fingerprint density at radius 1 is 1.30 bits per heavy atom. The van der Waals surface area contributed by atoms with Crippen molar-refractivity contribution < 1.29 is 9.47 Å². The molecule has 0 saturated heterocycles. The number of nitrogens with zero attached hydrogens (tertiary/aromatic N) is 1. The van der Waals surface area contributed by atoms with E-state index in [2.05, 4.69) is 24.0 Å². The molecule has 112 valence electrons. The summed E-state index contributed by atoms with van der Waals surface area (Å²) in [5.74, 6) is 0.915. The summed E-state index contributed by atoms with van der Waals surface area (Å²) >= 11 is 0. The van der Waals surface area contributed by atoms with Gasteiger partial charge in [0.2, 0.25) is 0 Å². The number of hydrogen-bond acceptors (Lipinski definition) is 4. The molecule has 2 unspecified atom stereocenters. The number of rotatable bonds is 8. The number of hydrogen-bond donors (Lipinski definition) is 1. The van der Waals surface area contributed by atoms with E-state index < -0.39 is 0 Å². The minimum atomic E-state index is 0.0451. The lowest BCUT2D eigenvalue weighted by atomic mass is 9.97. The lowest BCUT2D eigenvalue weighted by Gasteiger charge is -2.35. The zero-order valence-electron chi connectivity index (χ0n) is 12.7. The van der Waals surface area contributed by atoms with E-state index in [-0.39, 0.29) is 12.1 Å². The highest BCUT2D eigenvalue weighted by Gasteiger charge is 2.36. The Kier molecular flexibility index (Phi) is 5.40. The van der Waals surface area contributed by atoms with Crippen molar-refractivity contribution in [2.45, 2.75) is 37.9 Å². The standard InChI is InChI=1S/C16H26N2O2/c1-12(17)16(14-6-4-5-7-15(14)20-3)18(10-11-19-2)13-8-9-13/h4-7,12-13,16H,8-11,17H2,1-3H3. The molecule has 1 aliphatic rings. The normalized spacial score (nSPS) is 18.1.